The van der Waals surface area contributed by atoms with E-state index < -0.39 is 17.6 Å². The summed E-state index contributed by atoms with van der Waals surface area (Å²) in [5.41, 5.74) is 8.07. The summed E-state index contributed by atoms with van der Waals surface area (Å²) in [5, 5.41) is 11.6. The van der Waals surface area contributed by atoms with Gasteiger partial charge in [0.15, 0.2) is 0 Å². The summed E-state index contributed by atoms with van der Waals surface area (Å²) in [5.74, 6) is 0.628. The molecule has 1 amide bonds. The predicted molar refractivity (Wildman–Crippen MR) is 258 cm³/mol. The number of fused-ring (bicyclic) bond motifs is 1. The summed E-state index contributed by atoms with van der Waals surface area (Å²) in [4.78, 5) is 38.9. The highest BCUT2D eigenvalue weighted by Gasteiger charge is 2.32. The molecule has 0 saturated heterocycles. The van der Waals surface area contributed by atoms with Crippen molar-refractivity contribution in [2.24, 2.45) is 0 Å². The minimum atomic E-state index is -4.60. The predicted octanol–water partition coefficient (Wildman–Crippen LogP) is 12.6. The zero-order valence-electron chi connectivity index (χ0n) is 37.5. The van der Waals surface area contributed by atoms with Crippen molar-refractivity contribution in [3.05, 3.63) is 204 Å². The maximum Gasteiger partial charge on any atom is 0.416 e. The third kappa shape index (κ3) is 11.3. The number of aromatic nitrogens is 7. The Bertz CT molecular complexity index is 3150. The maximum absolute atomic E-state index is 13.6. The SMILES string of the molecule is CC(C)(C)c1ccc(Nc2ncc(Cc3ccncc3)c3ccccc23)cc1.Cc1cn(-c2cc(NC(=O)c3ccc(C)c(Nc4nccc(-c5cccnc5)n4)c3)cc(C(F)(F)F)c2)cn1. The molecule has 9 aromatic rings. The van der Waals surface area contributed by atoms with E-state index >= 15 is 0 Å². The third-order valence-electron chi connectivity index (χ3n) is 10.9. The van der Waals surface area contributed by atoms with Gasteiger partial charge in [-0.2, -0.15) is 13.2 Å². The van der Waals surface area contributed by atoms with Crippen LogP contribution in [0.15, 0.2) is 165 Å². The number of aryl methyl sites for hydroxylation is 2. The Balaban J connectivity index is 0.000000192. The van der Waals surface area contributed by atoms with Gasteiger partial charge in [0.05, 0.1) is 23.3 Å². The molecule has 14 heteroatoms. The molecule has 0 aliphatic carbocycles. The average Bonchev–Trinajstić information content (AvgIpc) is 3.77. The smallest absolute Gasteiger partial charge is 0.340 e. The summed E-state index contributed by atoms with van der Waals surface area (Å²) >= 11 is 0. The molecule has 0 unspecified atom stereocenters. The Kier molecular flexibility index (Phi) is 13.2. The highest BCUT2D eigenvalue weighted by atomic mass is 19.4. The van der Waals surface area contributed by atoms with Crippen molar-refractivity contribution < 1.29 is 18.0 Å². The number of halogens is 3. The van der Waals surface area contributed by atoms with Crippen molar-refractivity contribution in [3.63, 3.8) is 0 Å². The standard InChI is InChI=1S/C28H22F3N7O.C25H25N3/c1-17-5-6-19(10-25(17)37-27-33-9-7-24(36-27)20-4-3-8-32-14-20)26(39)35-22-11-21(28(29,30)31)12-23(13-22)38-15-18(2)34-16-38;1-25(2,3)20-8-10-21(11-9-20)28-24-23-7-5-4-6-22(23)19(17-27-24)16-18-12-14-26-15-13-18/h3-16H,1-2H3,(H,35,39)(H,33,36,37);4-15,17H,16H2,1-3H3,(H,27,28). The van der Waals surface area contributed by atoms with Crippen LogP contribution in [0.4, 0.5) is 42.0 Å². The summed E-state index contributed by atoms with van der Waals surface area (Å²) in [6.07, 6.45) is 9.88. The van der Waals surface area contributed by atoms with Crippen LogP contribution in [0.1, 0.15) is 64.6 Å². The quantitative estimate of drug-likeness (QED) is 0.123. The van der Waals surface area contributed by atoms with E-state index in [-0.39, 0.29) is 22.4 Å². The van der Waals surface area contributed by atoms with Crippen LogP contribution in [0.3, 0.4) is 0 Å². The molecule has 4 aromatic carbocycles. The monoisotopic (exact) mass is 896 g/mol. The number of anilines is 5. The number of carbonyl (C=O) groups is 1. The van der Waals surface area contributed by atoms with Crippen LogP contribution in [0.25, 0.3) is 27.7 Å². The molecule has 0 spiro atoms. The van der Waals surface area contributed by atoms with Gasteiger partial charge < -0.3 is 20.5 Å². The molecular weight excluding hydrogens is 850 g/mol. The van der Waals surface area contributed by atoms with Crippen LogP contribution in [-0.2, 0) is 18.0 Å². The lowest BCUT2D eigenvalue weighted by Gasteiger charge is -2.19. The first-order chi connectivity index (χ1) is 32.2. The molecule has 11 nitrogen and oxygen atoms in total. The van der Waals surface area contributed by atoms with Crippen LogP contribution in [-0.4, -0.2) is 40.4 Å². The number of hydrogen-bond donors (Lipinski definition) is 3. The fourth-order valence-electron chi connectivity index (χ4n) is 7.28. The maximum atomic E-state index is 13.6. The van der Waals surface area contributed by atoms with E-state index in [1.54, 1.807) is 62.0 Å². The molecular formula is C53H47F3N10O. The first-order valence-corrected chi connectivity index (χ1v) is 21.4. The number of imidazole rings is 1. The number of nitrogens with zero attached hydrogens (tertiary/aromatic N) is 7. The van der Waals surface area contributed by atoms with Gasteiger partial charge in [0.2, 0.25) is 5.95 Å². The second kappa shape index (κ2) is 19.5. The van der Waals surface area contributed by atoms with Crippen molar-refractivity contribution in [1.29, 1.82) is 0 Å². The lowest BCUT2D eigenvalue weighted by molar-refractivity contribution is -0.137. The van der Waals surface area contributed by atoms with Crippen molar-refractivity contribution in [2.75, 3.05) is 16.0 Å². The Morgan fingerprint density at radius 1 is 0.687 bits per heavy atom. The third-order valence-corrected chi connectivity index (χ3v) is 10.9. The van der Waals surface area contributed by atoms with Gasteiger partial charge in [-0.25, -0.2) is 19.9 Å². The number of alkyl halides is 3. The second-order valence-corrected chi connectivity index (χ2v) is 17.0. The molecule has 336 valence electrons. The Labute approximate surface area is 386 Å². The summed E-state index contributed by atoms with van der Waals surface area (Å²) in [6, 6.07) is 34.9. The van der Waals surface area contributed by atoms with Gasteiger partial charge >= 0.3 is 6.18 Å². The minimum absolute atomic E-state index is 0.00114. The summed E-state index contributed by atoms with van der Waals surface area (Å²) < 4.78 is 42.3. The molecule has 5 heterocycles. The Hall–Kier alpha value is -8.26. The van der Waals surface area contributed by atoms with Crippen LogP contribution >= 0.6 is 0 Å². The van der Waals surface area contributed by atoms with Gasteiger partial charge in [-0.3, -0.25) is 14.8 Å². The molecule has 0 aliphatic heterocycles. The lowest BCUT2D eigenvalue weighted by Crippen LogP contribution is -2.14. The fourth-order valence-corrected chi connectivity index (χ4v) is 7.28. The molecule has 5 aromatic heterocycles. The first-order valence-electron chi connectivity index (χ1n) is 21.4. The van der Waals surface area contributed by atoms with Crippen molar-refractivity contribution in [1.82, 2.24) is 34.5 Å². The van der Waals surface area contributed by atoms with Gasteiger partial charge in [0, 0.05) is 82.6 Å². The van der Waals surface area contributed by atoms with E-state index in [9.17, 15) is 18.0 Å². The number of carbonyl (C=O) groups excluding carboxylic acids is 1. The molecule has 0 bridgehead atoms. The Morgan fingerprint density at radius 2 is 1.46 bits per heavy atom. The average molecular weight is 897 g/mol. The van der Waals surface area contributed by atoms with E-state index in [1.165, 1.54) is 39.0 Å². The minimum Gasteiger partial charge on any atom is -0.340 e. The van der Waals surface area contributed by atoms with Crippen molar-refractivity contribution >= 4 is 45.5 Å². The van der Waals surface area contributed by atoms with Crippen molar-refractivity contribution in [3.8, 4) is 16.9 Å². The van der Waals surface area contributed by atoms with Crippen molar-refractivity contribution in [2.45, 2.75) is 52.6 Å². The zero-order chi connectivity index (χ0) is 47.1. The number of nitrogens with one attached hydrogen (secondary N) is 3. The van der Waals surface area contributed by atoms with Crippen LogP contribution in [0.2, 0.25) is 0 Å². The summed E-state index contributed by atoms with van der Waals surface area (Å²) in [6.45, 7) is 10.3. The van der Waals surface area contributed by atoms with E-state index in [0.29, 0.717) is 23.0 Å². The van der Waals surface area contributed by atoms with E-state index in [4.69, 9.17) is 4.98 Å². The number of benzene rings is 4. The highest BCUT2D eigenvalue weighted by Crippen LogP contribution is 2.34. The number of pyridine rings is 3. The van der Waals surface area contributed by atoms with Gasteiger partial charge in [-0.1, -0.05) is 63.2 Å². The number of hydrogen-bond acceptors (Lipinski definition) is 9. The molecule has 0 radical (unpaired) electrons. The fraction of sp³-hybridized carbons (Fsp3) is 0.151. The Morgan fingerprint density at radius 3 is 2.16 bits per heavy atom. The molecule has 0 aliphatic rings. The molecule has 0 atom stereocenters. The van der Waals surface area contributed by atoms with E-state index in [1.807, 2.05) is 31.6 Å². The lowest BCUT2D eigenvalue weighted by atomic mass is 9.87. The van der Waals surface area contributed by atoms with Crippen LogP contribution < -0.4 is 16.0 Å². The number of rotatable bonds is 10. The van der Waals surface area contributed by atoms with Gasteiger partial charge in [-0.05, 0) is 126 Å². The van der Waals surface area contributed by atoms with E-state index in [2.05, 4.69) is 122 Å². The van der Waals surface area contributed by atoms with Crippen LogP contribution in [0, 0.1) is 13.8 Å². The number of amides is 1. The largest absolute Gasteiger partial charge is 0.416 e. The van der Waals surface area contributed by atoms with Gasteiger partial charge in [-0.15, -0.1) is 0 Å². The molecule has 67 heavy (non-hydrogen) atoms. The molecule has 0 fully saturated rings. The normalized spacial score (nSPS) is 11.4. The summed E-state index contributed by atoms with van der Waals surface area (Å²) in [7, 11) is 0. The second-order valence-electron chi connectivity index (χ2n) is 17.0. The first kappa shape index (κ1) is 45.3. The van der Waals surface area contributed by atoms with Crippen LogP contribution in [0.5, 0.6) is 0 Å². The van der Waals surface area contributed by atoms with Gasteiger partial charge in [0.1, 0.15) is 5.82 Å². The zero-order valence-corrected chi connectivity index (χ0v) is 37.5. The molecule has 3 N–H and O–H groups in total. The molecule has 0 saturated carbocycles. The topological polar surface area (TPSA) is 135 Å². The van der Waals surface area contributed by atoms with E-state index in [0.717, 1.165) is 46.6 Å². The molecule has 9 rings (SSSR count). The highest BCUT2D eigenvalue weighted by molar-refractivity contribution is 6.05. The van der Waals surface area contributed by atoms with Gasteiger partial charge in [0.25, 0.3) is 5.91 Å².